The van der Waals surface area contributed by atoms with Gasteiger partial charge in [-0.05, 0) is 39.8 Å². The monoisotopic (exact) mass is 340 g/mol. The van der Waals surface area contributed by atoms with Crippen molar-refractivity contribution in [3.8, 4) is 0 Å². The summed E-state index contributed by atoms with van der Waals surface area (Å²) in [5.74, 6) is 0.453. The van der Waals surface area contributed by atoms with Gasteiger partial charge in [0.1, 0.15) is 15.9 Å². The summed E-state index contributed by atoms with van der Waals surface area (Å²) in [7, 11) is 1.67. The molecule has 2 aromatic heterocycles. The van der Waals surface area contributed by atoms with E-state index in [4.69, 9.17) is 0 Å². The molecule has 0 aromatic carbocycles. The van der Waals surface area contributed by atoms with Crippen molar-refractivity contribution in [3.63, 3.8) is 0 Å². The third-order valence-corrected chi connectivity index (χ3v) is 3.50. The fourth-order valence-corrected chi connectivity index (χ4v) is 2.32. The van der Waals surface area contributed by atoms with Crippen molar-refractivity contribution < 1.29 is 4.92 Å². The highest BCUT2D eigenvalue weighted by atomic mass is 79.9. The van der Waals surface area contributed by atoms with Gasteiger partial charge in [-0.3, -0.25) is 10.1 Å². The smallest absolute Gasteiger partial charge is 0.275 e. The van der Waals surface area contributed by atoms with E-state index in [-0.39, 0.29) is 5.69 Å². The maximum atomic E-state index is 10.8. The van der Waals surface area contributed by atoms with Gasteiger partial charge in [-0.1, -0.05) is 0 Å². The lowest BCUT2D eigenvalue weighted by Gasteiger charge is -2.04. The molecule has 0 aliphatic heterocycles. The quantitative estimate of drug-likeness (QED) is 0.679. The first-order chi connectivity index (χ1) is 9.08. The molecule has 0 bridgehead atoms. The summed E-state index contributed by atoms with van der Waals surface area (Å²) < 4.78 is 0.875. The molecule has 19 heavy (non-hydrogen) atoms. The lowest BCUT2D eigenvalue weighted by atomic mass is 10.4. The van der Waals surface area contributed by atoms with Gasteiger partial charge in [-0.25, -0.2) is 9.97 Å². The van der Waals surface area contributed by atoms with E-state index in [2.05, 4.69) is 31.2 Å². The largest absolute Gasteiger partial charge is 0.373 e. The number of nitrogens with zero attached hydrogens (tertiary/aromatic N) is 3. The first kappa shape index (κ1) is 13.8. The van der Waals surface area contributed by atoms with Gasteiger partial charge < -0.3 is 5.32 Å². The summed E-state index contributed by atoms with van der Waals surface area (Å²) >= 11 is 4.57. The van der Waals surface area contributed by atoms with E-state index in [0.29, 0.717) is 10.8 Å². The molecular weight excluding hydrogens is 332 g/mol. The second-order valence-electron chi connectivity index (χ2n) is 3.47. The maximum Gasteiger partial charge on any atom is 0.275 e. The summed E-state index contributed by atoms with van der Waals surface area (Å²) in [6, 6.07) is 6.48. The fraction of sp³-hybridized carbons (Fsp3) is 0.0909. The maximum absolute atomic E-state index is 10.8. The van der Waals surface area contributed by atoms with Crippen LogP contribution in [0.1, 0.15) is 0 Å². The number of hydrogen-bond donors (Lipinski definition) is 1. The van der Waals surface area contributed by atoms with Gasteiger partial charge in [0, 0.05) is 23.8 Å². The molecular formula is C11H9BrN4O2S. The second kappa shape index (κ2) is 5.98. The Balaban J connectivity index is 2.31. The molecule has 0 atom stereocenters. The average molecular weight is 341 g/mol. The van der Waals surface area contributed by atoms with Crippen LogP contribution in [0, 0.1) is 10.1 Å². The van der Waals surface area contributed by atoms with Crippen LogP contribution in [0.4, 0.5) is 11.5 Å². The topological polar surface area (TPSA) is 81.0 Å². The highest BCUT2D eigenvalue weighted by molar-refractivity contribution is 9.10. The fourth-order valence-electron chi connectivity index (χ4n) is 1.31. The highest BCUT2D eigenvalue weighted by Crippen LogP contribution is 2.29. The van der Waals surface area contributed by atoms with E-state index in [1.54, 1.807) is 13.2 Å². The Hall–Kier alpha value is -1.67. The standard InChI is InChI=1S/C11H9BrN4O2S/c1-13-9-4-8(16(17)18)5-11(15-9)19-10-3-2-7(12)6-14-10/h2-6H,1H3,(H,13,15). The molecule has 0 fully saturated rings. The summed E-state index contributed by atoms with van der Waals surface area (Å²) in [5.41, 5.74) is -0.000961. The predicted molar refractivity (Wildman–Crippen MR) is 76.5 cm³/mol. The van der Waals surface area contributed by atoms with E-state index in [1.807, 2.05) is 12.1 Å². The summed E-state index contributed by atoms with van der Waals surface area (Å²) in [6.45, 7) is 0. The van der Waals surface area contributed by atoms with E-state index < -0.39 is 4.92 Å². The summed E-state index contributed by atoms with van der Waals surface area (Å²) in [5, 5.41) is 14.9. The highest BCUT2D eigenvalue weighted by Gasteiger charge is 2.12. The molecule has 0 spiro atoms. The molecule has 6 nitrogen and oxygen atoms in total. The number of rotatable bonds is 4. The van der Waals surface area contributed by atoms with Crippen molar-refractivity contribution in [2.24, 2.45) is 0 Å². The molecule has 2 heterocycles. The van der Waals surface area contributed by atoms with Gasteiger partial charge in [0.25, 0.3) is 5.69 Å². The molecule has 2 aromatic rings. The first-order valence-corrected chi connectivity index (χ1v) is 6.83. The van der Waals surface area contributed by atoms with Gasteiger partial charge in [0.05, 0.1) is 11.0 Å². The van der Waals surface area contributed by atoms with Gasteiger partial charge in [-0.15, -0.1) is 0 Å². The van der Waals surface area contributed by atoms with Crippen LogP contribution in [0.3, 0.4) is 0 Å². The Kier molecular flexibility index (Phi) is 4.33. The van der Waals surface area contributed by atoms with Crippen LogP contribution in [-0.2, 0) is 0 Å². The van der Waals surface area contributed by atoms with Crippen LogP contribution < -0.4 is 5.32 Å². The lowest BCUT2D eigenvalue weighted by Crippen LogP contribution is -1.97. The number of nitro groups is 1. The molecule has 0 unspecified atom stereocenters. The molecule has 0 amide bonds. The third-order valence-electron chi connectivity index (χ3n) is 2.16. The lowest BCUT2D eigenvalue weighted by molar-refractivity contribution is -0.385. The summed E-state index contributed by atoms with van der Waals surface area (Å²) in [4.78, 5) is 18.8. The minimum Gasteiger partial charge on any atom is -0.373 e. The Morgan fingerprint density at radius 3 is 2.74 bits per heavy atom. The SMILES string of the molecule is CNc1cc([N+](=O)[O-])cc(Sc2ccc(Br)cn2)n1. The third kappa shape index (κ3) is 3.65. The minimum atomic E-state index is -0.443. The molecule has 98 valence electrons. The van der Waals surface area contributed by atoms with Crippen LogP contribution in [0.5, 0.6) is 0 Å². The molecule has 0 saturated carbocycles. The first-order valence-electron chi connectivity index (χ1n) is 5.22. The van der Waals surface area contributed by atoms with Gasteiger partial charge in [0.15, 0.2) is 0 Å². The van der Waals surface area contributed by atoms with Crippen LogP contribution in [-0.4, -0.2) is 21.9 Å². The molecule has 0 aliphatic rings. The number of nitrogens with one attached hydrogen (secondary N) is 1. The van der Waals surface area contributed by atoms with Gasteiger partial charge >= 0.3 is 0 Å². The number of anilines is 1. The molecule has 0 radical (unpaired) electrons. The normalized spacial score (nSPS) is 10.2. The van der Waals surface area contributed by atoms with Crippen molar-refractivity contribution in [2.45, 2.75) is 10.1 Å². The Bertz CT molecular complexity index is 606. The van der Waals surface area contributed by atoms with Crippen molar-refractivity contribution in [2.75, 3.05) is 12.4 Å². The van der Waals surface area contributed by atoms with Gasteiger partial charge in [-0.2, -0.15) is 0 Å². The molecule has 1 N–H and O–H groups in total. The Labute approximate surface area is 121 Å². The van der Waals surface area contributed by atoms with Crippen molar-refractivity contribution in [1.82, 2.24) is 9.97 Å². The molecule has 0 aliphatic carbocycles. The van der Waals surface area contributed by atoms with Crippen molar-refractivity contribution in [1.29, 1.82) is 0 Å². The van der Waals surface area contributed by atoms with E-state index >= 15 is 0 Å². The van der Waals surface area contributed by atoms with Crippen molar-refractivity contribution >= 4 is 39.2 Å². The molecule has 2 rings (SSSR count). The van der Waals surface area contributed by atoms with Crippen molar-refractivity contribution in [3.05, 3.63) is 45.0 Å². The van der Waals surface area contributed by atoms with Crippen LogP contribution >= 0.6 is 27.7 Å². The number of aromatic nitrogens is 2. The zero-order chi connectivity index (χ0) is 13.8. The van der Waals surface area contributed by atoms with Crippen LogP contribution in [0.25, 0.3) is 0 Å². The Morgan fingerprint density at radius 2 is 2.16 bits per heavy atom. The predicted octanol–water partition coefficient (Wildman–Crippen LogP) is 3.34. The number of halogens is 1. The minimum absolute atomic E-state index is 0.000961. The Morgan fingerprint density at radius 1 is 1.37 bits per heavy atom. The van der Waals surface area contributed by atoms with E-state index in [0.717, 1.165) is 9.50 Å². The zero-order valence-electron chi connectivity index (χ0n) is 9.83. The number of hydrogen-bond acceptors (Lipinski definition) is 6. The molecule has 0 saturated heterocycles. The zero-order valence-corrected chi connectivity index (χ0v) is 12.2. The van der Waals surface area contributed by atoms with Gasteiger partial charge in [0.2, 0.25) is 0 Å². The van der Waals surface area contributed by atoms with Crippen LogP contribution in [0.2, 0.25) is 0 Å². The number of pyridine rings is 2. The molecule has 8 heteroatoms. The average Bonchev–Trinajstić information content (AvgIpc) is 2.41. The summed E-state index contributed by atoms with van der Waals surface area (Å²) in [6.07, 6.45) is 1.67. The second-order valence-corrected chi connectivity index (χ2v) is 5.43. The van der Waals surface area contributed by atoms with Crippen LogP contribution in [0.15, 0.2) is 45.0 Å². The van der Waals surface area contributed by atoms with E-state index in [9.17, 15) is 10.1 Å². The van der Waals surface area contributed by atoms with E-state index in [1.165, 1.54) is 23.9 Å².